The van der Waals surface area contributed by atoms with Crippen LogP contribution in [0.2, 0.25) is 0 Å². The van der Waals surface area contributed by atoms with Gasteiger partial charge in [0.15, 0.2) is 0 Å². The van der Waals surface area contributed by atoms with Gasteiger partial charge in [-0.1, -0.05) is 6.07 Å². The fraction of sp³-hybridized carbons (Fsp3) is 0.545. The van der Waals surface area contributed by atoms with Crippen molar-refractivity contribution in [3.05, 3.63) is 46.0 Å². The molecular formula is C22H30N4O3S. The van der Waals surface area contributed by atoms with Gasteiger partial charge in [-0.3, -0.25) is 19.4 Å². The van der Waals surface area contributed by atoms with Crippen LogP contribution in [0.3, 0.4) is 0 Å². The van der Waals surface area contributed by atoms with Crippen LogP contribution in [-0.4, -0.2) is 71.8 Å². The monoisotopic (exact) mass is 430 g/mol. The first kappa shape index (κ1) is 21.1. The summed E-state index contributed by atoms with van der Waals surface area (Å²) in [5.74, 6) is 1.69. The number of thiophene rings is 1. The minimum Gasteiger partial charge on any atom is -0.465 e. The number of piperazine rings is 1. The van der Waals surface area contributed by atoms with Gasteiger partial charge in [-0.25, -0.2) is 0 Å². The number of nitrogens with zero attached hydrogens (tertiary/aromatic N) is 3. The second-order valence-corrected chi connectivity index (χ2v) is 9.12. The van der Waals surface area contributed by atoms with E-state index in [1.807, 2.05) is 24.0 Å². The molecule has 4 rings (SSSR count). The number of nitrogens with one attached hydrogen (secondary N) is 1. The number of furan rings is 1. The van der Waals surface area contributed by atoms with E-state index in [-0.39, 0.29) is 18.2 Å². The average Bonchev–Trinajstić information content (AvgIpc) is 3.31. The molecule has 0 radical (unpaired) electrons. The Hall–Kier alpha value is -2.16. The molecule has 0 aromatic carbocycles. The maximum absolute atomic E-state index is 13.1. The molecule has 2 aliphatic heterocycles. The molecule has 2 fully saturated rings. The van der Waals surface area contributed by atoms with Gasteiger partial charge in [0.1, 0.15) is 11.5 Å². The van der Waals surface area contributed by atoms with E-state index in [0.717, 1.165) is 57.2 Å². The molecule has 0 saturated carbocycles. The molecule has 0 spiro atoms. The third-order valence-corrected chi connectivity index (χ3v) is 6.73. The Balaban J connectivity index is 1.34. The zero-order valence-electron chi connectivity index (χ0n) is 17.5. The highest BCUT2D eigenvalue weighted by atomic mass is 32.1. The molecule has 30 heavy (non-hydrogen) atoms. The van der Waals surface area contributed by atoms with Crippen molar-refractivity contribution in [1.82, 2.24) is 20.0 Å². The summed E-state index contributed by atoms with van der Waals surface area (Å²) in [4.78, 5) is 33.4. The smallest absolute Gasteiger partial charge is 0.237 e. The van der Waals surface area contributed by atoms with Crippen molar-refractivity contribution < 1.29 is 14.0 Å². The largest absolute Gasteiger partial charge is 0.465 e. The van der Waals surface area contributed by atoms with Gasteiger partial charge in [-0.05, 0) is 36.9 Å². The summed E-state index contributed by atoms with van der Waals surface area (Å²) in [5, 5.41) is 5.02. The Morgan fingerprint density at radius 1 is 1.17 bits per heavy atom. The van der Waals surface area contributed by atoms with Crippen molar-refractivity contribution in [1.29, 1.82) is 0 Å². The molecule has 1 N–H and O–H groups in total. The highest BCUT2D eigenvalue weighted by Gasteiger charge is 2.33. The molecule has 8 heteroatoms. The molecule has 0 aliphatic carbocycles. The lowest BCUT2D eigenvalue weighted by Crippen LogP contribution is -2.56. The molecule has 2 aromatic rings. The number of aryl methyl sites for hydroxylation is 1. The standard InChI is InChI=1S/C22H30N4O3S/c1-17-5-6-18(29-17)15-26-10-7-23-22(28)20(26)14-21(27)25-9-3-8-24(11-12-25)16-19-4-2-13-30-19/h2,4-6,13,20H,3,7-12,14-16H2,1H3,(H,23,28). The van der Waals surface area contributed by atoms with E-state index in [1.54, 1.807) is 11.3 Å². The minimum atomic E-state index is -0.442. The number of rotatable bonds is 6. The molecule has 0 bridgehead atoms. The molecule has 2 saturated heterocycles. The summed E-state index contributed by atoms with van der Waals surface area (Å²) in [6.07, 6.45) is 1.18. The highest BCUT2D eigenvalue weighted by molar-refractivity contribution is 7.09. The number of hydrogen-bond acceptors (Lipinski definition) is 6. The topological polar surface area (TPSA) is 69.0 Å². The van der Waals surface area contributed by atoms with E-state index in [4.69, 9.17) is 4.42 Å². The Bertz CT molecular complexity index is 850. The first-order valence-electron chi connectivity index (χ1n) is 10.7. The van der Waals surface area contributed by atoms with Crippen molar-refractivity contribution in [2.24, 2.45) is 0 Å². The Morgan fingerprint density at radius 3 is 2.83 bits per heavy atom. The molecule has 7 nitrogen and oxygen atoms in total. The van der Waals surface area contributed by atoms with Gasteiger partial charge in [0.05, 0.1) is 19.0 Å². The normalized spacial score (nSPS) is 21.4. The van der Waals surface area contributed by atoms with Gasteiger partial charge in [-0.2, -0.15) is 0 Å². The fourth-order valence-corrected chi connectivity index (χ4v) is 4.99. The number of hydrogen-bond donors (Lipinski definition) is 1. The molecular weight excluding hydrogens is 400 g/mol. The summed E-state index contributed by atoms with van der Waals surface area (Å²) < 4.78 is 5.69. The van der Waals surface area contributed by atoms with Gasteiger partial charge in [0.2, 0.25) is 11.8 Å². The van der Waals surface area contributed by atoms with Crippen LogP contribution in [0.25, 0.3) is 0 Å². The lowest BCUT2D eigenvalue weighted by atomic mass is 10.1. The zero-order chi connectivity index (χ0) is 20.9. The molecule has 4 heterocycles. The summed E-state index contributed by atoms with van der Waals surface area (Å²) in [6.45, 7) is 8.07. The van der Waals surface area contributed by atoms with E-state index >= 15 is 0 Å². The van der Waals surface area contributed by atoms with Gasteiger partial charge >= 0.3 is 0 Å². The van der Waals surface area contributed by atoms with Gasteiger partial charge in [0, 0.05) is 50.7 Å². The molecule has 2 aromatic heterocycles. The SMILES string of the molecule is Cc1ccc(CN2CCNC(=O)C2CC(=O)N2CCCN(Cc3cccs3)CC2)o1. The molecule has 2 aliphatic rings. The van der Waals surface area contributed by atoms with Gasteiger partial charge in [0.25, 0.3) is 0 Å². The predicted molar refractivity (Wildman–Crippen MR) is 116 cm³/mol. The average molecular weight is 431 g/mol. The van der Waals surface area contributed by atoms with Gasteiger partial charge < -0.3 is 14.6 Å². The maximum atomic E-state index is 13.1. The van der Waals surface area contributed by atoms with E-state index in [1.165, 1.54) is 4.88 Å². The van der Waals surface area contributed by atoms with Crippen LogP contribution in [0.5, 0.6) is 0 Å². The van der Waals surface area contributed by atoms with Crippen LogP contribution in [0.15, 0.2) is 34.1 Å². The minimum absolute atomic E-state index is 0.0629. The van der Waals surface area contributed by atoms with E-state index in [2.05, 4.69) is 32.6 Å². The Labute approximate surface area is 181 Å². The second-order valence-electron chi connectivity index (χ2n) is 8.08. The third-order valence-electron chi connectivity index (χ3n) is 5.87. The Morgan fingerprint density at radius 2 is 2.07 bits per heavy atom. The van der Waals surface area contributed by atoms with Crippen LogP contribution in [0.1, 0.15) is 29.2 Å². The van der Waals surface area contributed by atoms with E-state index in [0.29, 0.717) is 13.1 Å². The first-order chi connectivity index (χ1) is 14.6. The van der Waals surface area contributed by atoms with Gasteiger partial charge in [-0.15, -0.1) is 11.3 Å². The first-order valence-corrected chi connectivity index (χ1v) is 11.6. The van der Waals surface area contributed by atoms with E-state index in [9.17, 15) is 9.59 Å². The molecule has 162 valence electrons. The number of amides is 2. The third kappa shape index (κ3) is 5.30. The zero-order valence-corrected chi connectivity index (χ0v) is 18.3. The quantitative estimate of drug-likeness (QED) is 0.760. The van der Waals surface area contributed by atoms with Crippen LogP contribution in [0, 0.1) is 6.92 Å². The second kappa shape index (κ2) is 9.76. The van der Waals surface area contributed by atoms with Crippen molar-refractivity contribution in [2.45, 2.75) is 38.9 Å². The van der Waals surface area contributed by atoms with E-state index < -0.39 is 6.04 Å². The lowest BCUT2D eigenvalue weighted by molar-refractivity contribution is -0.139. The molecule has 2 amide bonds. The van der Waals surface area contributed by atoms with Crippen molar-refractivity contribution in [3.8, 4) is 0 Å². The molecule has 1 unspecified atom stereocenters. The number of carbonyl (C=O) groups excluding carboxylic acids is 2. The lowest BCUT2D eigenvalue weighted by Gasteiger charge is -2.35. The Kier molecular flexibility index (Phi) is 6.86. The van der Waals surface area contributed by atoms with Crippen molar-refractivity contribution in [2.75, 3.05) is 39.3 Å². The summed E-state index contributed by atoms with van der Waals surface area (Å²) in [6, 6.07) is 7.67. The highest BCUT2D eigenvalue weighted by Crippen LogP contribution is 2.18. The van der Waals surface area contributed by atoms with Crippen LogP contribution >= 0.6 is 11.3 Å². The molecule has 1 atom stereocenters. The van der Waals surface area contributed by atoms with Crippen LogP contribution < -0.4 is 5.32 Å². The maximum Gasteiger partial charge on any atom is 0.237 e. The van der Waals surface area contributed by atoms with Crippen LogP contribution in [-0.2, 0) is 22.7 Å². The fourth-order valence-electron chi connectivity index (χ4n) is 4.24. The van der Waals surface area contributed by atoms with Crippen molar-refractivity contribution in [3.63, 3.8) is 0 Å². The predicted octanol–water partition coefficient (Wildman–Crippen LogP) is 2.07. The number of carbonyl (C=O) groups is 2. The van der Waals surface area contributed by atoms with Crippen molar-refractivity contribution >= 4 is 23.2 Å². The summed E-state index contributed by atoms with van der Waals surface area (Å²) >= 11 is 1.78. The van der Waals surface area contributed by atoms with Crippen LogP contribution in [0.4, 0.5) is 0 Å². The summed E-state index contributed by atoms with van der Waals surface area (Å²) in [5.41, 5.74) is 0. The summed E-state index contributed by atoms with van der Waals surface area (Å²) in [7, 11) is 0.